The lowest BCUT2D eigenvalue weighted by molar-refractivity contribution is -0.130. The minimum Gasteiger partial charge on any atom is -0.484 e. The van der Waals surface area contributed by atoms with E-state index in [1.54, 1.807) is 14.1 Å². The maximum atomic E-state index is 11.8. The van der Waals surface area contributed by atoms with Crippen molar-refractivity contribution in [1.29, 1.82) is 0 Å². The van der Waals surface area contributed by atoms with Gasteiger partial charge in [-0.25, -0.2) is 0 Å². The van der Waals surface area contributed by atoms with Gasteiger partial charge in [0.05, 0.1) is 12.7 Å². The first-order chi connectivity index (χ1) is 13.9. The van der Waals surface area contributed by atoms with Crippen LogP contribution in [0.5, 0.6) is 5.75 Å². The van der Waals surface area contributed by atoms with Crippen LogP contribution in [-0.4, -0.2) is 38.1 Å². The molecule has 0 aromatic heterocycles. The SMILES string of the molecule is CC(C)[C@@H]1C[C@H](c2ccccc2Cl)CO[C@H]1c1cccc(OCC(=O)N(C)C)c1. The van der Waals surface area contributed by atoms with Gasteiger partial charge in [0.25, 0.3) is 5.91 Å². The van der Waals surface area contributed by atoms with Gasteiger partial charge >= 0.3 is 0 Å². The molecule has 29 heavy (non-hydrogen) atoms. The predicted octanol–water partition coefficient (Wildman–Crippen LogP) is 5.32. The monoisotopic (exact) mass is 415 g/mol. The van der Waals surface area contributed by atoms with Crippen LogP contribution in [0.2, 0.25) is 5.02 Å². The molecule has 0 spiro atoms. The minimum absolute atomic E-state index is 0.00170. The molecule has 3 atom stereocenters. The molecule has 0 saturated carbocycles. The topological polar surface area (TPSA) is 38.8 Å². The maximum Gasteiger partial charge on any atom is 0.259 e. The van der Waals surface area contributed by atoms with Gasteiger partial charge in [0.15, 0.2) is 6.61 Å². The molecule has 1 heterocycles. The van der Waals surface area contributed by atoms with Gasteiger partial charge in [-0.1, -0.05) is 55.8 Å². The first kappa shape index (κ1) is 21.7. The first-order valence-electron chi connectivity index (χ1n) is 10.2. The second-order valence-electron chi connectivity index (χ2n) is 8.27. The van der Waals surface area contributed by atoms with Crippen molar-refractivity contribution < 1.29 is 14.3 Å². The zero-order chi connectivity index (χ0) is 21.0. The summed E-state index contributed by atoms with van der Waals surface area (Å²) in [6.45, 7) is 5.16. The van der Waals surface area contributed by atoms with Gasteiger partial charge in [0, 0.05) is 25.0 Å². The molecule has 1 fully saturated rings. The highest BCUT2D eigenvalue weighted by molar-refractivity contribution is 6.31. The van der Waals surface area contributed by atoms with Gasteiger partial charge in [0.1, 0.15) is 5.75 Å². The maximum absolute atomic E-state index is 11.8. The second-order valence-corrected chi connectivity index (χ2v) is 8.67. The minimum atomic E-state index is -0.0630. The smallest absolute Gasteiger partial charge is 0.259 e. The van der Waals surface area contributed by atoms with Crippen molar-refractivity contribution in [2.45, 2.75) is 32.3 Å². The fraction of sp³-hybridized carbons (Fsp3) is 0.458. The third-order valence-electron chi connectivity index (χ3n) is 5.67. The molecular formula is C24H30ClNO3. The lowest BCUT2D eigenvalue weighted by Gasteiger charge is -2.39. The quantitative estimate of drug-likeness (QED) is 0.640. The van der Waals surface area contributed by atoms with E-state index in [0.29, 0.717) is 30.1 Å². The number of rotatable bonds is 6. The van der Waals surface area contributed by atoms with Crippen LogP contribution < -0.4 is 4.74 Å². The van der Waals surface area contributed by atoms with Crippen LogP contribution in [0.25, 0.3) is 0 Å². The Bertz CT molecular complexity index is 836. The molecule has 0 aliphatic carbocycles. The summed E-state index contributed by atoms with van der Waals surface area (Å²) in [6, 6.07) is 16.0. The molecule has 156 valence electrons. The van der Waals surface area contributed by atoms with Crippen LogP contribution in [0.15, 0.2) is 48.5 Å². The second kappa shape index (κ2) is 9.64. The molecule has 3 rings (SSSR count). The van der Waals surface area contributed by atoms with Gasteiger partial charge in [0.2, 0.25) is 0 Å². The summed E-state index contributed by atoms with van der Waals surface area (Å²) in [5.74, 6) is 1.75. The zero-order valence-corrected chi connectivity index (χ0v) is 18.4. The molecule has 1 aliphatic heterocycles. The molecule has 0 bridgehead atoms. The summed E-state index contributed by atoms with van der Waals surface area (Å²) in [5.41, 5.74) is 2.26. The van der Waals surface area contributed by atoms with Crippen molar-refractivity contribution in [3.8, 4) is 5.75 Å². The zero-order valence-electron chi connectivity index (χ0n) is 17.6. The standard InChI is InChI=1S/C24H30ClNO3/c1-16(2)21-13-18(20-10-5-6-11-22(20)25)14-29-24(21)17-8-7-9-19(12-17)28-15-23(27)26(3)4/h5-12,16,18,21,24H,13-15H2,1-4H3/t18-,21-,24-/m0/s1. The molecule has 0 unspecified atom stereocenters. The number of halogens is 1. The normalized spacial score (nSPS) is 21.8. The number of benzene rings is 2. The van der Waals surface area contributed by atoms with Gasteiger partial charge in [-0.05, 0) is 47.6 Å². The Morgan fingerprint density at radius 3 is 2.66 bits per heavy atom. The third kappa shape index (κ3) is 5.31. The van der Waals surface area contributed by atoms with E-state index in [-0.39, 0.29) is 18.6 Å². The summed E-state index contributed by atoms with van der Waals surface area (Å²) in [6.07, 6.45) is 1.03. The van der Waals surface area contributed by atoms with Crippen molar-refractivity contribution in [3.63, 3.8) is 0 Å². The summed E-state index contributed by atoms with van der Waals surface area (Å²) < 4.78 is 12.1. The molecule has 2 aromatic rings. The third-order valence-corrected chi connectivity index (χ3v) is 6.02. The van der Waals surface area contributed by atoms with Crippen molar-refractivity contribution >= 4 is 17.5 Å². The molecular weight excluding hydrogens is 386 g/mol. The summed E-state index contributed by atoms with van der Waals surface area (Å²) in [7, 11) is 3.45. The van der Waals surface area contributed by atoms with E-state index in [1.165, 1.54) is 4.90 Å². The number of hydrogen-bond donors (Lipinski definition) is 0. The molecule has 1 aliphatic rings. The van der Waals surface area contributed by atoms with E-state index < -0.39 is 0 Å². The molecule has 1 saturated heterocycles. The Balaban J connectivity index is 1.76. The van der Waals surface area contributed by atoms with E-state index in [9.17, 15) is 4.79 Å². The van der Waals surface area contributed by atoms with Gasteiger partial charge in [-0.2, -0.15) is 0 Å². The number of nitrogens with zero attached hydrogens (tertiary/aromatic N) is 1. The highest BCUT2D eigenvalue weighted by atomic mass is 35.5. The lowest BCUT2D eigenvalue weighted by Crippen LogP contribution is -2.31. The van der Waals surface area contributed by atoms with Crippen LogP contribution >= 0.6 is 11.6 Å². The van der Waals surface area contributed by atoms with E-state index >= 15 is 0 Å². The summed E-state index contributed by atoms with van der Waals surface area (Å²) >= 11 is 6.44. The Labute approximate surface area is 178 Å². The van der Waals surface area contributed by atoms with Crippen LogP contribution in [0.3, 0.4) is 0 Å². The fourth-order valence-corrected chi connectivity index (χ4v) is 4.20. The van der Waals surface area contributed by atoms with Crippen molar-refractivity contribution in [1.82, 2.24) is 4.90 Å². The van der Waals surface area contributed by atoms with Gasteiger partial charge < -0.3 is 14.4 Å². The van der Waals surface area contributed by atoms with E-state index in [2.05, 4.69) is 26.0 Å². The molecule has 1 amide bonds. The number of amides is 1. The van der Waals surface area contributed by atoms with Crippen LogP contribution in [-0.2, 0) is 9.53 Å². The van der Waals surface area contributed by atoms with E-state index in [0.717, 1.165) is 22.6 Å². The van der Waals surface area contributed by atoms with Gasteiger partial charge in [-0.15, -0.1) is 0 Å². The van der Waals surface area contributed by atoms with Gasteiger partial charge in [-0.3, -0.25) is 4.79 Å². The predicted molar refractivity (Wildman–Crippen MR) is 116 cm³/mol. The Kier molecular flexibility index (Phi) is 7.20. The Morgan fingerprint density at radius 2 is 1.97 bits per heavy atom. The molecule has 5 heteroatoms. The van der Waals surface area contributed by atoms with Crippen molar-refractivity contribution in [3.05, 3.63) is 64.7 Å². The van der Waals surface area contributed by atoms with Crippen LogP contribution in [0.1, 0.15) is 43.4 Å². The molecule has 4 nitrogen and oxygen atoms in total. The molecule has 0 radical (unpaired) electrons. The van der Waals surface area contributed by atoms with Crippen LogP contribution in [0.4, 0.5) is 0 Å². The van der Waals surface area contributed by atoms with E-state index in [1.807, 2.05) is 36.4 Å². The number of carbonyl (C=O) groups excluding carboxylic acids is 1. The number of carbonyl (C=O) groups is 1. The number of ether oxygens (including phenoxy) is 2. The number of hydrogen-bond acceptors (Lipinski definition) is 3. The molecule has 2 aromatic carbocycles. The van der Waals surface area contributed by atoms with Crippen molar-refractivity contribution in [2.24, 2.45) is 11.8 Å². The van der Waals surface area contributed by atoms with Crippen LogP contribution in [0, 0.1) is 11.8 Å². The van der Waals surface area contributed by atoms with Crippen molar-refractivity contribution in [2.75, 3.05) is 27.3 Å². The fourth-order valence-electron chi connectivity index (χ4n) is 3.91. The first-order valence-corrected chi connectivity index (χ1v) is 10.5. The average molecular weight is 416 g/mol. The Morgan fingerprint density at radius 1 is 1.21 bits per heavy atom. The average Bonchev–Trinajstić information content (AvgIpc) is 2.72. The molecule has 0 N–H and O–H groups in total. The Hall–Kier alpha value is -2.04. The lowest BCUT2D eigenvalue weighted by atomic mass is 9.76. The highest BCUT2D eigenvalue weighted by Gasteiger charge is 2.35. The summed E-state index contributed by atoms with van der Waals surface area (Å²) in [4.78, 5) is 13.3. The van der Waals surface area contributed by atoms with E-state index in [4.69, 9.17) is 21.1 Å². The largest absolute Gasteiger partial charge is 0.484 e. The highest BCUT2D eigenvalue weighted by Crippen LogP contribution is 2.45. The summed E-state index contributed by atoms with van der Waals surface area (Å²) in [5, 5.41) is 0.808. The number of likely N-dealkylation sites (N-methyl/N-ethyl adjacent to an activating group) is 1.